The van der Waals surface area contributed by atoms with Crippen molar-refractivity contribution in [3.8, 4) is 5.75 Å². The van der Waals surface area contributed by atoms with Gasteiger partial charge in [-0.25, -0.2) is 8.78 Å². The monoisotopic (exact) mass is 326 g/mol. The minimum absolute atomic E-state index is 0.295. The molecule has 0 aliphatic heterocycles. The lowest BCUT2D eigenvalue weighted by molar-refractivity contribution is 0.411. The summed E-state index contributed by atoms with van der Waals surface area (Å²) in [6, 6.07) is 9.50. The third kappa shape index (κ3) is 2.95. The number of aryl methyl sites for hydroxylation is 1. The van der Waals surface area contributed by atoms with Crippen molar-refractivity contribution in [3.05, 3.63) is 64.7 Å². The van der Waals surface area contributed by atoms with Gasteiger partial charge >= 0.3 is 0 Å². The summed E-state index contributed by atoms with van der Waals surface area (Å²) in [5, 5.41) is 0. The highest BCUT2D eigenvalue weighted by molar-refractivity contribution is 9.09. The smallest absolute Gasteiger partial charge is 0.131 e. The molecule has 2 aromatic carbocycles. The Morgan fingerprint density at radius 1 is 1.05 bits per heavy atom. The summed E-state index contributed by atoms with van der Waals surface area (Å²) in [5.74, 6) is -0.228. The van der Waals surface area contributed by atoms with Crippen LogP contribution in [0.4, 0.5) is 8.78 Å². The second-order valence-corrected chi connectivity index (χ2v) is 5.17. The average Bonchev–Trinajstić information content (AvgIpc) is 2.41. The van der Waals surface area contributed by atoms with E-state index in [1.54, 1.807) is 31.2 Å². The van der Waals surface area contributed by atoms with Gasteiger partial charge < -0.3 is 4.74 Å². The molecule has 0 amide bonds. The zero-order chi connectivity index (χ0) is 14.0. The van der Waals surface area contributed by atoms with Crippen LogP contribution in [0.25, 0.3) is 0 Å². The van der Waals surface area contributed by atoms with Crippen molar-refractivity contribution in [2.45, 2.75) is 11.8 Å². The molecule has 1 atom stereocenters. The maximum Gasteiger partial charge on any atom is 0.131 e. The fourth-order valence-corrected chi connectivity index (χ4v) is 2.44. The maximum atomic E-state index is 13.9. The van der Waals surface area contributed by atoms with E-state index in [1.165, 1.54) is 19.2 Å². The van der Waals surface area contributed by atoms with Gasteiger partial charge in [-0.05, 0) is 30.2 Å². The fourth-order valence-electron chi connectivity index (χ4n) is 1.79. The Kier molecular flexibility index (Phi) is 4.20. The van der Waals surface area contributed by atoms with Crippen LogP contribution < -0.4 is 4.74 Å². The van der Waals surface area contributed by atoms with E-state index in [4.69, 9.17) is 4.74 Å². The van der Waals surface area contributed by atoms with Crippen LogP contribution in [0.5, 0.6) is 5.75 Å². The molecule has 0 fully saturated rings. The van der Waals surface area contributed by atoms with Crippen molar-refractivity contribution in [2.75, 3.05) is 7.11 Å². The Morgan fingerprint density at radius 2 is 1.79 bits per heavy atom. The van der Waals surface area contributed by atoms with E-state index >= 15 is 0 Å². The molecule has 4 heteroatoms. The molecule has 1 unspecified atom stereocenters. The lowest BCUT2D eigenvalue weighted by Gasteiger charge is -2.13. The molecular formula is C15H13BrF2O. The van der Waals surface area contributed by atoms with Gasteiger partial charge in [0.05, 0.1) is 11.9 Å². The van der Waals surface area contributed by atoms with Crippen molar-refractivity contribution in [1.82, 2.24) is 0 Å². The minimum atomic E-state index is -0.395. The first kappa shape index (κ1) is 14.0. The number of ether oxygens (including phenoxy) is 1. The molecule has 0 bridgehead atoms. The Balaban J connectivity index is 2.38. The summed E-state index contributed by atoms with van der Waals surface area (Å²) in [6.07, 6.45) is 0. The molecular weight excluding hydrogens is 314 g/mol. The standard InChI is InChI=1S/C15H13BrF2O/c1-9-3-4-10(7-13(9)17)15(16)12-6-5-11(19-2)8-14(12)18/h3-8,15H,1-2H3. The van der Waals surface area contributed by atoms with Gasteiger partial charge in [0.2, 0.25) is 0 Å². The number of benzene rings is 2. The van der Waals surface area contributed by atoms with Crippen LogP contribution in [-0.2, 0) is 0 Å². The first-order chi connectivity index (χ1) is 9.02. The van der Waals surface area contributed by atoms with Gasteiger partial charge in [0.25, 0.3) is 0 Å². The molecule has 0 N–H and O–H groups in total. The predicted octanol–water partition coefficient (Wildman–Crippen LogP) is 4.77. The Morgan fingerprint density at radius 3 is 2.37 bits per heavy atom. The number of methoxy groups -OCH3 is 1. The van der Waals surface area contributed by atoms with Crippen LogP contribution in [0.2, 0.25) is 0 Å². The molecule has 0 heterocycles. The summed E-state index contributed by atoms with van der Waals surface area (Å²) in [7, 11) is 1.48. The summed E-state index contributed by atoms with van der Waals surface area (Å²) in [5.41, 5.74) is 1.69. The molecule has 0 aliphatic carbocycles. The van der Waals surface area contributed by atoms with Crippen LogP contribution in [0.1, 0.15) is 21.5 Å². The van der Waals surface area contributed by atoms with Gasteiger partial charge in [0, 0.05) is 11.6 Å². The van der Waals surface area contributed by atoms with Crippen LogP contribution >= 0.6 is 15.9 Å². The molecule has 0 saturated heterocycles. The topological polar surface area (TPSA) is 9.23 Å². The minimum Gasteiger partial charge on any atom is -0.497 e. The number of alkyl halides is 1. The maximum absolute atomic E-state index is 13.9. The van der Waals surface area contributed by atoms with E-state index in [9.17, 15) is 8.78 Å². The van der Waals surface area contributed by atoms with Crippen LogP contribution in [0, 0.1) is 18.6 Å². The Labute approximate surface area is 119 Å². The second kappa shape index (κ2) is 5.70. The molecule has 19 heavy (non-hydrogen) atoms. The number of hydrogen-bond acceptors (Lipinski definition) is 1. The summed E-state index contributed by atoms with van der Waals surface area (Å²) in [4.78, 5) is -0.395. The molecule has 0 spiro atoms. The van der Waals surface area contributed by atoms with Gasteiger partial charge in [-0.15, -0.1) is 0 Å². The van der Waals surface area contributed by atoms with Crippen LogP contribution in [0.15, 0.2) is 36.4 Å². The highest BCUT2D eigenvalue weighted by Gasteiger charge is 2.16. The van der Waals surface area contributed by atoms with Gasteiger partial charge in [0.1, 0.15) is 17.4 Å². The highest BCUT2D eigenvalue weighted by atomic mass is 79.9. The van der Waals surface area contributed by atoms with Crippen LogP contribution in [0.3, 0.4) is 0 Å². The SMILES string of the molecule is COc1ccc(C(Br)c2ccc(C)c(F)c2)c(F)c1. The molecule has 1 nitrogen and oxygen atoms in total. The molecule has 2 rings (SSSR count). The van der Waals surface area contributed by atoms with E-state index < -0.39 is 4.83 Å². The van der Waals surface area contributed by atoms with Crippen molar-refractivity contribution in [1.29, 1.82) is 0 Å². The van der Waals surface area contributed by atoms with Crippen molar-refractivity contribution < 1.29 is 13.5 Å². The average molecular weight is 327 g/mol. The number of halogens is 3. The lowest BCUT2D eigenvalue weighted by Crippen LogP contribution is -1.98. The van der Waals surface area contributed by atoms with Gasteiger partial charge in [-0.1, -0.05) is 34.1 Å². The van der Waals surface area contributed by atoms with Gasteiger partial charge in [-0.3, -0.25) is 0 Å². The number of hydrogen-bond donors (Lipinski definition) is 0. The quantitative estimate of drug-likeness (QED) is 0.738. The summed E-state index contributed by atoms with van der Waals surface area (Å²) >= 11 is 3.40. The highest BCUT2D eigenvalue weighted by Crippen LogP contribution is 2.34. The molecule has 2 aromatic rings. The summed E-state index contributed by atoms with van der Waals surface area (Å²) in [6.45, 7) is 1.69. The Hall–Kier alpha value is -1.42. The largest absolute Gasteiger partial charge is 0.497 e. The zero-order valence-corrected chi connectivity index (χ0v) is 12.2. The normalized spacial score (nSPS) is 12.3. The van der Waals surface area contributed by atoms with E-state index in [0.29, 0.717) is 22.4 Å². The van der Waals surface area contributed by atoms with E-state index in [2.05, 4.69) is 15.9 Å². The zero-order valence-electron chi connectivity index (χ0n) is 10.6. The third-order valence-corrected chi connectivity index (χ3v) is 3.99. The van der Waals surface area contributed by atoms with E-state index in [-0.39, 0.29) is 11.6 Å². The molecule has 0 aliphatic rings. The van der Waals surface area contributed by atoms with Crippen LogP contribution in [-0.4, -0.2) is 7.11 Å². The van der Waals surface area contributed by atoms with Gasteiger partial charge in [-0.2, -0.15) is 0 Å². The van der Waals surface area contributed by atoms with Crippen molar-refractivity contribution in [3.63, 3.8) is 0 Å². The Bertz CT molecular complexity index is 599. The lowest BCUT2D eigenvalue weighted by atomic mass is 10.0. The fraction of sp³-hybridized carbons (Fsp3) is 0.200. The van der Waals surface area contributed by atoms with Crippen molar-refractivity contribution >= 4 is 15.9 Å². The van der Waals surface area contributed by atoms with Gasteiger partial charge in [0.15, 0.2) is 0 Å². The molecule has 0 saturated carbocycles. The first-order valence-electron chi connectivity index (χ1n) is 5.76. The van der Waals surface area contributed by atoms with E-state index in [0.717, 1.165) is 0 Å². The third-order valence-electron chi connectivity index (χ3n) is 2.97. The van der Waals surface area contributed by atoms with Crippen molar-refractivity contribution in [2.24, 2.45) is 0 Å². The molecule has 100 valence electrons. The number of rotatable bonds is 3. The predicted molar refractivity (Wildman–Crippen MR) is 74.9 cm³/mol. The summed E-state index contributed by atoms with van der Waals surface area (Å²) < 4.78 is 32.4. The molecule has 0 radical (unpaired) electrons. The van der Waals surface area contributed by atoms with E-state index in [1.807, 2.05) is 0 Å². The molecule has 0 aromatic heterocycles. The second-order valence-electron chi connectivity index (χ2n) is 4.26. The first-order valence-corrected chi connectivity index (χ1v) is 6.68.